The molecule has 2 aromatic carbocycles. The van der Waals surface area contributed by atoms with Gasteiger partial charge in [-0.2, -0.15) is 8.42 Å². The first-order valence-electron chi connectivity index (χ1n) is 14.0. The van der Waals surface area contributed by atoms with E-state index in [1.165, 1.54) is 36.1 Å². The van der Waals surface area contributed by atoms with Crippen molar-refractivity contribution < 1.29 is 22.2 Å². The van der Waals surface area contributed by atoms with Gasteiger partial charge in [0, 0.05) is 53.8 Å². The number of rotatable bonds is 9. The van der Waals surface area contributed by atoms with Gasteiger partial charge in [-0.05, 0) is 65.4 Å². The smallest absolute Gasteiger partial charge is 0.265 e. The fourth-order valence-corrected chi connectivity index (χ4v) is 5.17. The summed E-state index contributed by atoms with van der Waals surface area (Å²) in [6.45, 7) is 14.0. The largest absolute Gasteiger partial charge is 0.456 e. The van der Waals surface area contributed by atoms with Crippen LogP contribution in [0.5, 0.6) is 0 Å². The van der Waals surface area contributed by atoms with Gasteiger partial charge in [-0.1, -0.05) is 30.3 Å². The first-order chi connectivity index (χ1) is 19.6. The molecule has 1 heterocycles. The van der Waals surface area contributed by atoms with Gasteiger partial charge in [0.05, 0.1) is 11.8 Å². The van der Waals surface area contributed by atoms with Crippen molar-refractivity contribution in [2.24, 2.45) is 5.73 Å². The molecule has 0 bridgehead atoms. The molecule has 41 heavy (non-hydrogen) atoms. The van der Waals surface area contributed by atoms with Crippen LogP contribution in [0.15, 0.2) is 71.1 Å². The van der Waals surface area contributed by atoms with E-state index in [2.05, 4.69) is 110 Å². The fourth-order valence-electron chi connectivity index (χ4n) is 4.63. The van der Waals surface area contributed by atoms with Crippen LogP contribution in [0.4, 0.5) is 5.69 Å². The van der Waals surface area contributed by atoms with Gasteiger partial charge >= 0.3 is 0 Å². The van der Waals surface area contributed by atoms with Crippen LogP contribution in [0.25, 0.3) is 33.4 Å². The van der Waals surface area contributed by atoms with Crippen LogP contribution in [0.2, 0.25) is 0 Å². The molecule has 9 heteroatoms. The molecule has 0 amide bonds. The van der Waals surface area contributed by atoms with E-state index in [4.69, 9.17) is 8.97 Å². The summed E-state index contributed by atoms with van der Waals surface area (Å²) in [6, 6.07) is 23.9. The summed E-state index contributed by atoms with van der Waals surface area (Å²) in [5.74, 6) is 0.220. The lowest BCUT2D eigenvalue weighted by atomic mass is 9.93. The summed E-state index contributed by atoms with van der Waals surface area (Å²) >= 11 is 0. The van der Waals surface area contributed by atoms with Gasteiger partial charge in [0.2, 0.25) is 5.36 Å². The molecule has 0 radical (unpaired) electrons. The SMILES string of the molecule is CC(=O)CCS(=O)(=O)O.CCN(CC)c1ccc2c(-c3ccccc3)c3ccc(=[N+](CC)CC)cc-3oc2c1.CN. The van der Waals surface area contributed by atoms with Crippen molar-refractivity contribution in [2.75, 3.05) is 43.9 Å². The van der Waals surface area contributed by atoms with E-state index in [0.717, 1.165) is 48.5 Å². The second kappa shape index (κ2) is 16.0. The summed E-state index contributed by atoms with van der Waals surface area (Å²) in [4.78, 5) is 12.5. The highest BCUT2D eigenvalue weighted by molar-refractivity contribution is 7.85. The van der Waals surface area contributed by atoms with Crippen molar-refractivity contribution in [3.05, 3.63) is 72.1 Å². The van der Waals surface area contributed by atoms with Gasteiger partial charge in [-0.15, -0.1) is 0 Å². The summed E-state index contributed by atoms with van der Waals surface area (Å²) in [5.41, 5.74) is 10.2. The minimum Gasteiger partial charge on any atom is -0.456 e. The Labute approximate surface area is 244 Å². The minimum absolute atomic E-state index is 0.112. The van der Waals surface area contributed by atoms with Crippen molar-refractivity contribution in [2.45, 2.75) is 41.0 Å². The number of hydrogen-bond acceptors (Lipinski definition) is 6. The standard InChI is InChI=1S/C27H31N2O.C4H8O4S.CH5N/c1-5-28(6-2)21-14-16-23-25(18-21)30-26-19-22(29(7-3)8-4)15-17-24(26)27(23)20-12-10-9-11-13-20;1-4(5)2-3-9(6,7)8;1-2/h9-19H,5-8H2,1-4H3;2-3H2,1H3,(H,6,7,8);2H2,1H3/q+1;;. The molecule has 2 aromatic rings. The van der Waals surface area contributed by atoms with Crippen LogP contribution >= 0.6 is 0 Å². The molecule has 0 spiro atoms. The molecule has 222 valence electrons. The summed E-state index contributed by atoms with van der Waals surface area (Å²) in [6.07, 6.45) is -0.112. The van der Waals surface area contributed by atoms with Gasteiger partial charge < -0.3 is 15.1 Å². The zero-order valence-electron chi connectivity index (χ0n) is 25.1. The van der Waals surface area contributed by atoms with Crippen LogP contribution in [0.1, 0.15) is 41.0 Å². The fraction of sp³-hybridized carbons (Fsp3) is 0.375. The number of ketones is 1. The molecule has 3 N–H and O–H groups in total. The molecule has 0 saturated carbocycles. The van der Waals surface area contributed by atoms with E-state index in [0.29, 0.717) is 0 Å². The Morgan fingerprint density at radius 3 is 2.07 bits per heavy atom. The van der Waals surface area contributed by atoms with Crippen molar-refractivity contribution in [3.63, 3.8) is 0 Å². The minimum atomic E-state index is -3.94. The Balaban J connectivity index is 0.000000459. The van der Waals surface area contributed by atoms with Gasteiger partial charge in [0.25, 0.3) is 10.1 Å². The molecular formula is C32H44N3O5S+. The summed E-state index contributed by atoms with van der Waals surface area (Å²) in [7, 11) is -2.44. The molecule has 1 aliphatic heterocycles. The number of Topliss-reactive ketones (excluding diaryl/α,β-unsaturated/α-hetero) is 1. The molecular weight excluding hydrogens is 538 g/mol. The van der Waals surface area contributed by atoms with Crippen LogP contribution in [-0.4, -0.2) is 57.7 Å². The van der Waals surface area contributed by atoms with E-state index in [9.17, 15) is 13.2 Å². The lowest BCUT2D eigenvalue weighted by Crippen LogP contribution is -2.29. The number of fused-ring (bicyclic) bond motifs is 2. The normalized spacial score (nSPS) is 10.8. The molecule has 8 nitrogen and oxygen atoms in total. The Hall–Kier alpha value is -3.53. The molecule has 1 aliphatic carbocycles. The Morgan fingerprint density at radius 1 is 0.927 bits per heavy atom. The highest BCUT2D eigenvalue weighted by Gasteiger charge is 2.19. The molecule has 0 unspecified atom stereocenters. The van der Waals surface area contributed by atoms with Crippen LogP contribution in [0.3, 0.4) is 0 Å². The zero-order chi connectivity index (χ0) is 30.6. The van der Waals surface area contributed by atoms with Crippen LogP contribution in [-0.2, 0) is 14.9 Å². The third kappa shape index (κ3) is 9.24. The predicted octanol–water partition coefficient (Wildman–Crippen LogP) is 5.29. The number of benzene rings is 3. The number of carbonyl (C=O) groups is 1. The molecule has 0 saturated heterocycles. The van der Waals surface area contributed by atoms with E-state index in [1.807, 2.05) is 0 Å². The summed E-state index contributed by atoms with van der Waals surface area (Å²) < 4.78 is 36.8. The third-order valence-electron chi connectivity index (χ3n) is 6.72. The maximum atomic E-state index is 10.1. The highest BCUT2D eigenvalue weighted by atomic mass is 32.2. The third-order valence-corrected chi connectivity index (χ3v) is 7.44. The van der Waals surface area contributed by atoms with Crippen LogP contribution in [0, 0.1) is 0 Å². The first kappa shape index (κ1) is 33.7. The van der Waals surface area contributed by atoms with Crippen LogP contribution < -0.4 is 20.6 Å². The topological polar surface area (TPSA) is 117 Å². The number of nitrogens with two attached hydrogens (primary N) is 1. The van der Waals surface area contributed by atoms with Gasteiger partial charge in [0.15, 0.2) is 0 Å². The van der Waals surface area contributed by atoms with E-state index in [-0.39, 0.29) is 12.2 Å². The lowest BCUT2D eigenvalue weighted by Gasteiger charge is -2.22. The zero-order valence-corrected chi connectivity index (χ0v) is 25.9. The van der Waals surface area contributed by atoms with Gasteiger partial charge in [-0.3, -0.25) is 9.35 Å². The maximum absolute atomic E-state index is 10.1. The highest BCUT2D eigenvalue weighted by Crippen LogP contribution is 2.40. The first-order valence-corrected chi connectivity index (χ1v) is 15.6. The monoisotopic (exact) mass is 582 g/mol. The average Bonchev–Trinajstić information content (AvgIpc) is 2.97. The lowest BCUT2D eigenvalue weighted by molar-refractivity contribution is -0.116. The van der Waals surface area contributed by atoms with Crippen molar-refractivity contribution in [1.82, 2.24) is 4.58 Å². The van der Waals surface area contributed by atoms with E-state index in [1.54, 1.807) is 0 Å². The van der Waals surface area contributed by atoms with Gasteiger partial charge in [-0.25, -0.2) is 4.58 Å². The van der Waals surface area contributed by atoms with Crippen molar-refractivity contribution >= 4 is 32.6 Å². The molecule has 2 aliphatic rings. The van der Waals surface area contributed by atoms with E-state index < -0.39 is 15.9 Å². The molecule has 0 atom stereocenters. The van der Waals surface area contributed by atoms with E-state index >= 15 is 0 Å². The molecule has 0 aromatic heterocycles. The Morgan fingerprint density at radius 2 is 1.56 bits per heavy atom. The number of nitrogens with zero attached hydrogens (tertiary/aromatic N) is 2. The Bertz CT molecular complexity index is 1550. The maximum Gasteiger partial charge on any atom is 0.265 e. The quantitative estimate of drug-likeness (QED) is 0.156. The second-order valence-electron chi connectivity index (χ2n) is 9.29. The summed E-state index contributed by atoms with van der Waals surface area (Å²) in [5, 5.41) is 2.36. The molecule has 4 rings (SSSR count). The number of carbonyl (C=O) groups excluding carboxylic acids is 1. The average molecular weight is 583 g/mol. The predicted molar refractivity (Wildman–Crippen MR) is 170 cm³/mol. The van der Waals surface area contributed by atoms with Crippen molar-refractivity contribution in [1.29, 1.82) is 0 Å². The second-order valence-corrected chi connectivity index (χ2v) is 10.9. The molecule has 0 fully saturated rings. The number of hydrogen-bond donors (Lipinski definition) is 2. The number of anilines is 1. The van der Waals surface area contributed by atoms with Gasteiger partial charge in [0.1, 0.15) is 30.2 Å². The Kier molecular flexibility index (Phi) is 13.2. The van der Waals surface area contributed by atoms with Crippen molar-refractivity contribution in [3.8, 4) is 22.5 Å².